The van der Waals surface area contributed by atoms with E-state index < -0.39 is 0 Å². The molecule has 1 aromatic heterocycles. The molecule has 17 heavy (non-hydrogen) atoms. The lowest BCUT2D eigenvalue weighted by molar-refractivity contribution is 0.821. The van der Waals surface area contributed by atoms with Crippen molar-refractivity contribution in [3.63, 3.8) is 0 Å². The Balaban J connectivity index is 2.17. The fourth-order valence-electron chi connectivity index (χ4n) is 1.58. The van der Waals surface area contributed by atoms with Crippen LogP contribution in [0, 0.1) is 13.8 Å². The molecule has 0 saturated heterocycles. The molecule has 2 N–H and O–H groups in total. The Labute approximate surface area is 105 Å². The molecule has 4 nitrogen and oxygen atoms in total. The SMILES string of the molecule is Cc1cccc([C@H](C)Sc2nnc(C)n2N)c1. The Morgan fingerprint density at radius 1 is 1.29 bits per heavy atom. The molecule has 0 aliphatic carbocycles. The Morgan fingerprint density at radius 3 is 2.65 bits per heavy atom. The lowest BCUT2D eigenvalue weighted by Gasteiger charge is -2.11. The second kappa shape index (κ2) is 4.79. The maximum atomic E-state index is 5.83. The first kappa shape index (κ1) is 12.0. The van der Waals surface area contributed by atoms with E-state index in [4.69, 9.17) is 5.84 Å². The largest absolute Gasteiger partial charge is 0.336 e. The third-order valence-electron chi connectivity index (χ3n) is 2.63. The number of nitrogens with two attached hydrogens (primary N) is 1. The normalized spacial score (nSPS) is 12.6. The maximum Gasteiger partial charge on any atom is 0.210 e. The van der Waals surface area contributed by atoms with Crippen molar-refractivity contribution in [3.05, 3.63) is 41.2 Å². The summed E-state index contributed by atoms with van der Waals surface area (Å²) in [4.78, 5) is 0. The van der Waals surface area contributed by atoms with Crippen LogP contribution in [0.1, 0.15) is 29.1 Å². The number of thioether (sulfide) groups is 1. The zero-order chi connectivity index (χ0) is 12.4. The van der Waals surface area contributed by atoms with Gasteiger partial charge in [0, 0.05) is 5.25 Å². The van der Waals surface area contributed by atoms with E-state index in [2.05, 4.69) is 48.3 Å². The molecule has 0 aliphatic rings. The molecule has 5 heteroatoms. The molecule has 1 aromatic carbocycles. The first-order valence-corrected chi connectivity index (χ1v) is 6.36. The van der Waals surface area contributed by atoms with E-state index in [1.54, 1.807) is 11.8 Å². The van der Waals surface area contributed by atoms with Gasteiger partial charge in [-0.1, -0.05) is 41.6 Å². The summed E-state index contributed by atoms with van der Waals surface area (Å²) in [6.45, 7) is 6.08. The molecule has 90 valence electrons. The number of rotatable bonds is 3. The molecule has 1 atom stereocenters. The Bertz CT molecular complexity index is 521. The van der Waals surface area contributed by atoms with Gasteiger partial charge in [0.2, 0.25) is 5.16 Å². The van der Waals surface area contributed by atoms with Gasteiger partial charge in [-0.15, -0.1) is 10.2 Å². The number of hydrogen-bond donors (Lipinski definition) is 1. The third kappa shape index (κ3) is 2.61. The van der Waals surface area contributed by atoms with Gasteiger partial charge in [-0.3, -0.25) is 0 Å². The van der Waals surface area contributed by atoms with Gasteiger partial charge < -0.3 is 5.84 Å². The van der Waals surface area contributed by atoms with E-state index in [1.165, 1.54) is 15.8 Å². The van der Waals surface area contributed by atoms with Crippen molar-refractivity contribution >= 4 is 11.8 Å². The summed E-state index contributed by atoms with van der Waals surface area (Å²) in [7, 11) is 0. The molecule has 2 rings (SSSR count). The topological polar surface area (TPSA) is 56.7 Å². The average Bonchev–Trinajstić information content (AvgIpc) is 2.61. The van der Waals surface area contributed by atoms with Crippen LogP contribution in [0.5, 0.6) is 0 Å². The van der Waals surface area contributed by atoms with Crippen LogP contribution in [0.4, 0.5) is 0 Å². The van der Waals surface area contributed by atoms with E-state index in [9.17, 15) is 0 Å². The molecule has 0 radical (unpaired) electrons. The molecule has 0 unspecified atom stereocenters. The molecule has 0 saturated carbocycles. The van der Waals surface area contributed by atoms with Crippen LogP contribution in [-0.4, -0.2) is 14.9 Å². The predicted octanol–water partition coefficient (Wildman–Crippen LogP) is 2.46. The van der Waals surface area contributed by atoms with Gasteiger partial charge in [0.05, 0.1) is 0 Å². The summed E-state index contributed by atoms with van der Waals surface area (Å²) in [6.07, 6.45) is 0. The van der Waals surface area contributed by atoms with Gasteiger partial charge in [0.25, 0.3) is 0 Å². The minimum Gasteiger partial charge on any atom is -0.336 e. The molecule has 2 aromatic rings. The molecule has 0 bridgehead atoms. The summed E-state index contributed by atoms with van der Waals surface area (Å²) in [5, 5.41) is 9.05. The van der Waals surface area contributed by atoms with Crippen molar-refractivity contribution < 1.29 is 0 Å². The Kier molecular flexibility index (Phi) is 3.38. The van der Waals surface area contributed by atoms with Crippen LogP contribution in [0.15, 0.2) is 29.4 Å². The highest BCUT2D eigenvalue weighted by molar-refractivity contribution is 7.99. The van der Waals surface area contributed by atoms with Crippen molar-refractivity contribution in [3.8, 4) is 0 Å². The van der Waals surface area contributed by atoms with E-state index >= 15 is 0 Å². The molecular formula is C12H16N4S. The highest BCUT2D eigenvalue weighted by Crippen LogP contribution is 2.33. The summed E-state index contributed by atoms with van der Waals surface area (Å²) in [5.74, 6) is 6.56. The van der Waals surface area contributed by atoms with Gasteiger partial charge >= 0.3 is 0 Å². The highest BCUT2D eigenvalue weighted by Gasteiger charge is 2.13. The van der Waals surface area contributed by atoms with Crippen LogP contribution in [0.2, 0.25) is 0 Å². The van der Waals surface area contributed by atoms with Crippen molar-refractivity contribution in [1.29, 1.82) is 0 Å². The van der Waals surface area contributed by atoms with Gasteiger partial charge in [0.1, 0.15) is 5.82 Å². The maximum absolute atomic E-state index is 5.83. The van der Waals surface area contributed by atoms with Crippen molar-refractivity contribution in [1.82, 2.24) is 14.9 Å². The molecular weight excluding hydrogens is 232 g/mol. The smallest absolute Gasteiger partial charge is 0.210 e. The minimum absolute atomic E-state index is 0.306. The first-order chi connectivity index (χ1) is 8.08. The summed E-state index contributed by atoms with van der Waals surface area (Å²) < 4.78 is 1.52. The van der Waals surface area contributed by atoms with Crippen LogP contribution in [0.25, 0.3) is 0 Å². The van der Waals surface area contributed by atoms with Crippen LogP contribution < -0.4 is 5.84 Å². The van der Waals surface area contributed by atoms with E-state index in [-0.39, 0.29) is 0 Å². The van der Waals surface area contributed by atoms with Crippen LogP contribution in [0.3, 0.4) is 0 Å². The average molecular weight is 248 g/mol. The lowest BCUT2D eigenvalue weighted by atomic mass is 10.1. The molecule has 0 spiro atoms. The summed E-state index contributed by atoms with van der Waals surface area (Å²) >= 11 is 1.62. The second-order valence-corrected chi connectivity index (χ2v) is 5.38. The highest BCUT2D eigenvalue weighted by atomic mass is 32.2. The lowest BCUT2D eigenvalue weighted by Crippen LogP contribution is -2.11. The number of nitrogens with zero attached hydrogens (tertiary/aromatic N) is 3. The minimum atomic E-state index is 0.306. The predicted molar refractivity (Wildman–Crippen MR) is 70.4 cm³/mol. The van der Waals surface area contributed by atoms with E-state index in [0.29, 0.717) is 5.25 Å². The monoisotopic (exact) mass is 248 g/mol. The fraction of sp³-hybridized carbons (Fsp3) is 0.333. The van der Waals surface area contributed by atoms with Crippen molar-refractivity contribution in [2.75, 3.05) is 5.84 Å². The van der Waals surface area contributed by atoms with Gasteiger partial charge in [-0.2, -0.15) is 0 Å². The van der Waals surface area contributed by atoms with E-state index in [0.717, 1.165) is 11.0 Å². The quantitative estimate of drug-likeness (QED) is 0.669. The number of aryl methyl sites for hydroxylation is 2. The zero-order valence-electron chi connectivity index (χ0n) is 10.2. The zero-order valence-corrected chi connectivity index (χ0v) is 11.0. The molecule has 0 aliphatic heterocycles. The van der Waals surface area contributed by atoms with E-state index in [1.807, 2.05) is 6.92 Å². The third-order valence-corrected chi connectivity index (χ3v) is 3.74. The molecule has 0 fully saturated rings. The molecule has 1 heterocycles. The number of hydrogen-bond acceptors (Lipinski definition) is 4. The summed E-state index contributed by atoms with van der Waals surface area (Å²) in [6, 6.07) is 8.47. The van der Waals surface area contributed by atoms with Crippen LogP contribution >= 0.6 is 11.8 Å². The van der Waals surface area contributed by atoms with Crippen molar-refractivity contribution in [2.24, 2.45) is 0 Å². The fourth-order valence-corrected chi connectivity index (χ4v) is 2.51. The summed E-state index contributed by atoms with van der Waals surface area (Å²) in [5.41, 5.74) is 2.54. The van der Waals surface area contributed by atoms with Gasteiger partial charge in [0.15, 0.2) is 0 Å². The number of benzene rings is 1. The molecule has 0 amide bonds. The van der Waals surface area contributed by atoms with Gasteiger partial charge in [-0.05, 0) is 26.3 Å². The number of aromatic nitrogens is 3. The van der Waals surface area contributed by atoms with Crippen LogP contribution in [-0.2, 0) is 0 Å². The Hall–Kier alpha value is -1.49. The van der Waals surface area contributed by atoms with Crippen molar-refractivity contribution in [2.45, 2.75) is 31.2 Å². The standard InChI is InChI=1S/C12H16N4S/c1-8-5-4-6-11(7-8)9(2)17-12-15-14-10(3)16(12)13/h4-7,9H,13H2,1-3H3/t9-/m0/s1. The van der Waals surface area contributed by atoms with Gasteiger partial charge in [-0.25, -0.2) is 4.68 Å². The Morgan fingerprint density at radius 2 is 2.06 bits per heavy atom. The first-order valence-electron chi connectivity index (χ1n) is 5.48. The second-order valence-electron chi connectivity index (χ2n) is 4.07. The number of nitrogen functional groups attached to an aromatic ring is 1.